The summed E-state index contributed by atoms with van der Waals surface area (Å²) in [5, 5.41) is 3.21. The van der Waals surface area contributed by atoms with E-state index in [1.807, 2.05) is 0 Å². The van der Waals surface area contributed by atoms with E-state index < -0.39 is 6.29 Å². The number of ether oxygens (including phenoxy) is 2. The number of amides is 1. The van der Waals surface area contributed by atoms with Crippen molar-refractivity contribution in [2.75, 3.05) is 20.8 Å². The molecular formula is C14H18ClNO4. The first-order valence-electron chi connectivity index (χ1n) is 6.18. The van der Waals surface area contributed by atoms with Crippen LogP contribution in [0.4, 0.5) is 0 Å². The summed E-state index contributed by atoms with van der Waals surface area (Å²) in [5.74, 6) is -0.307. The van der Waals surface area contributed by atoms with Crippen LogP contribution in [0.15, 0.2) is 24.3 Å². The van der Waals surface area contributed by atoms with Gasteiger partial charge in [-0.25, -0.2) is 0 Å². The predicted molar refractivity (Wildman–Crippen MR) is 75.8 cm³/mol. The van der Waals surface area contributed by atoms with Gasteiger partial charge in [0.1, 0.15) is 0 Å². The predicted octanol–water partition coefficient (Wildman–Crippen LogP) is 2.04. The number of halogens is 1. The lowest BCUT2D eigenvalue weighted by atomic mass is 10.1. The monoisotopic (exact) mass is 299 g/mol. The fourth-order valence-electron chi connectivity index (χ4n) is 1.56. The molecule has 0 saturated carbocycles. The van der Waals surface area contributed by atoms with Gasteiger partial charge in [-0.1, -0.05) is 11.6 Å². The van der Waals surface area contributed by atoms with Crippen LogP contribution in [0.3, 0.4) is 0 Å². The van der Waals surface area contributed by atoms with Gasteiger partial charge in [0.25, 0.3) is 0 Å². The summed E-state index contributed by atoms with van der Waals surface area (Å²) in [6.07, 6.45) is -0.203. The van der Waals surface area contributed by atoms with E-state index in [0.717, 1.165) is 0 Å². The Bertz CT molecular complexity index is 443. The third-order valence-electron chi connectivity index (χ3n) is 2.74. The molecule has 0 saturated heterocycles. The van der Waals surface area contributed by atoms with Crippen LogP contribution in [0.5, 0.6) is 0 Å². The number of Topliss-reactive ketones (excluding diaryl/α,β-unsaturated/α-hetero) is 1. The molecule has 0 aliphatic rings. The minimum Gasteiger partial charge on any atom is -0.354 e. The third kappa shape index (κ3) is 5.69. The number of nitrogens with one attached hydrogen (secondary N) is 1. The number of rotatable bonds is 8. The summed E-state index contributed by atoms with van der Waals surface area (Å²) in [7, 11) is 2.98. The zero-order valence-electron chi connectivity index (χ0n) is 11.5. The Kier molecular flexibility index (Phi) is 7.22. The van der Waals surface area contributed by atoms with Crippen molar-refractivity contribution in [3.05, 3.63) is 34.9 Å². The van der Waals surface area contributed by atoms with Crippen molar-refractivity contribution in [2.45, 2.75) is 19.1 Å². The maximum absolute atomic E-state index is 11.8. The summed E-state index contributed by atoms with van der Waals surface area (Å²) >= 11 is 5.74. The number of hydrogen-bond acceptors (Lipinski definition) is 4. The van der Waals surface area contributed by atoms with Crippen LogP contribution in [0.25, 0.3) is 0 Å². The first kappa shape index (κ1) is 16.6. The number of benzene rings is 1. The Labute approximate surface area is 123 Å². The van der Waals surface area contributed by atoms with Gasteiger partial charge in [0, 0.05) is 37.6 Å². The average Bonchev–Trinajstić information content (AvgIpc) is 2.46. The van der Waals surface area contributed by atoms with Gasteiger partial charge >= 0.3 is 0 Å². The molecule has 0 bridgehead atoms. The van der Waals surface area contributed by atoms with E-state index in [-0.39, 0.29) is 31.1 Å². The lowest BCUT2D eigenvalue weighted by Crippen LogP contribution is -2.34. The standard InChI is InChI=1S/C14H18ClNO4/c1-19-14(20-2)9-16-13(18)8-7-12(17)10-3-5-11(15)6-4-10/h3-6,14H,7-9H2,1-2H3,(H,16,18). The Morgan fingerprint density at radius 3 is 2.30 bits per heavy atom. The van der Waals surface area contributed by atoms with E-state index in [2.05, 4.69) is 5.32 Å². The molecule has 20 heavy (non-hydrogen) atoms. The molecule has 0 atom stereocenters. The topological polar surface area (TPSA) is 64.6 Å². The SMILES string of the molecule is COC(CNC(=O)CCC(=O)c1ccc(Cl)cc1)OC. The largest absolute Gasteiger partial charge is 0.354 e. The highest BCUT2D eigenvalue weighted by atomic mass is 35.5. The molecule has 1 aromatic rings. The highest BCUT2D eigenvalue weighted by Crippen LogP contribution is 2.11. The van der Waals surface area contributed by atoms with Gasteiger partial charge in [-0.2, -0.15) is 0 Å². The summed E-state index contributed by atoms with van der Waals surface area (Å²) in [4.78, 5) is 23.4. The first-order chi connectivity index (χ1) is 9.56. The molecule has 0 aliphatic heterocycles. The Morgan fingerprint density at radius 1 is 1.15 bits per heavy atom. The third-order valence-corrected chi connectivity index (χ3v) is 2.99. The van der Waals surface area contributed by atoms with E-state index >= 15 is 0 Å². The number of hydrogen-bond donors (Lipinski definition) is 1. The maximum atomic E-state index is 11.8. The minimum atomic E-state index is -0.481. The van der Waals surface area contributed by atoms with Crippen molar-refractivity contribution in [2.24, 2.45) is 0 Å². The van der Waals surface area contributed by atoms with Crippen molar-refractivity contribution in [3.8, 4) is 0 Å². The molecule has 0 heterocycles. The van der Waals surface area contributed by atoms with Gasteiger partial charge < -0.3 is 14.8 Å². The average molecular weight is 300 g/mol. The normalized spacial score (nSPS) is 10.6. The highest BCUT2D eigenvalue weighted by Gasteiger charge is 2.11. The summed E-state index contributed by atoms with van der Waals surface area (Å²) in [6, 6.07) is 6.59. The van der Waals surface area contributed by atoms with E-state index in [1.165, 1.54) is 14.2 Å². The van der Waals surface area contributed by atoms with Crippen molar-refractivity contribution < 1.29 is 19.1 Å². The molecule has 110 valence electrons. The fraction of sp³-hybridized carbons (Fsp3) is 0.429. The zero-order valence-corrected chi connectivity index (χ0v) is 12.3. The highest BCUT2D eigenvalue weighted by molar-refractivity contribution is 6.30. The number of methoxy groups -OCH3 is 2. The molecule has 0 unspecified atom stereocenters. The summed E-state index contributed by atoms with van der Waals surface area (Å²) < 4.78 is 9.88. The molecule has 0 spiro atoms. The lowest BCUT2D eigenvalue weighted by Gasteiger charge is -2.13. The van der Waals surface area contributed by atoms with Gasteiger partial charge in [0.05, 0.1) is 6.54 Å². The second-order valence-corrected chi connectivity index (χ2v) is 4.57. The minimum absolute atomic E-state index is 0.0909. The first-order valence-corrected chi connectivity index (χ1v) is 6.55. The molecular weight excluding hydrogens is 282 g/mol. The fourth-order valence-corrected chi connectivity index (χ4v) is 1.68. The van der Waals surface area contributed by atoms with Gasteiger partial charge in [-0.15, -0.1) is 0 Å². The van der Waals surface area contributed by atoms with Crippen molar-refractivity contribution in [1.29, 1.82) is 0 Å². The zero-order chi connectivity index (χ0) is 15.0. The number of carbonyl (C=O) groups is 2. The molecule has 1 N–H and O–H groups in total. The quantitative estimate of drug-likeness (QED) is 0.589. The smallest absolute Gasteiger partial charge is 0.220 e. The van der Waals surface area contributed by atoms with Crippen molar-refractivity contribution in [3.63, 3.8) is 0 Å². The second kappa shape index (κ2) is 8.68. The molecule has 1 amide bonds. The second-order valence-electron chi connectivity index (χ2n) is 4.14. The molecule has 1 aromatic carbocycles. The van der Waals surface area contributed by atoms with Gasteiger partial charge in [-0.3, -0.25) is 9.59 Å². The molecule has 1 rings (SSSR count). The Balaban J connectivity index is 2.33. The van der Waals surface area contributed by atoms with Gasteiger partial charge in [0.2, 0.25) is 5.91 Å². The van der Waals surface area contributed by atoms with Crippen LogP contribution in [0.2, 0.25) is 5.02 Å². The van der Waals surface area contributed by atoms with Crippen LogP contribution < -0.4 is 5.32 Å². The number of carbonyl (C=O) groups excluding carboxylic acids is 2. The molecule has 5 nitrogen and oxygen atoms in total. The molecule has 0 aromatic heterocycles. The van der Waals surface area contributed by atoms with E-state index in [1.54, 1.807) is 24.3 Å². The van der Waals surface area contributed by atoms with E-state index in [0.29, 0.717) is 10.6 Å². The van der Waals surface area contributed by atoms with Gasteiger partial charge in [-0.05, 0) is 24.3 Å². The summed E-state index contributed by atoms with van der Waals surface area (Å²) in [6.45, 7) is 0.251. The Morgan fingerprint density at radius 2 is 1.75 bits per heavy atom. The molecule has 0 fully saturated rings. The van der Waals surface area contributed by atoms with Crippen molar-refractivity contribution in [1.82, 2.24) is 5.32 Å². The van der Waals surface area contributed by atoms with Crippen LogP contribution in [-0.2, 0) is 14.3 Å². The van der Waals surface area contributed by atoms with Crippen LogP contribution in [0, 0.1) is 0 Å². The van der Waals surface area contributed by atoms with Crippen LogP contribution in [0.1, 0.15) is 23.2 Å². The van der Waals surface area contributed by atoms with E-state index in [9.17, 15) is 9.59 Å². The molecule has 0 radical (unpaired) electrons. The lowest BCUT2D eigenvalue weighted by molar-refractivity contribution is -0.127. The van der Waals surface area contributed by atoms with Gasteiger partial charge in [0.15, 0.2) is 12.1 Å². The molecule has 6 heteroatoms. The van der Waals surface area contributed by atoms with Crippen molar-refractivity contribution >= 4 is 23.3 Å². The Hall–Kier alpha value is -1.43. The molecule has 0 aliphatic carbocycles. The van der Waals surface area contributed by atoms with E-state index in [4.69, 9.17) is 21.1 Å². The number of ketones is 1. The maximum Gasteiger partial charge on any atom is 0.220 e. The van der Waals surface area contributed by atoms with Crippen LogP contribution >= 0.6 is 11.6 Å². The summed E-state index contributed by atoms with van der Waals surface area (Å²) in [5.41, 5.74) is 0.550. The van der Waals surface area contributed by atoms with Crippen LogP contribution in [-0.4, -0.2) is 38.7 Å².